The predicted molar refractivity (Wildman–Crippen MR) is 99.9 cm³/mol. The number of nitro benzene ring substituents is 1. The molecule has 0 N–H and O–H groups in total. The third-order valence-corrected chi connectivity index (χ3v) is 5.70. The zero-order chi connectivity index (χ0) is 19.6. The summed E-state index contributed by atoms with van der Waals surface area (Å²) in [5, 5.41) is 11.8. The van der Waals surface area contributed by atoms with Gasteiger partial charge >= 0.3 is 0 Å². The van der Waals surface area contributed by atoms with Gasteiger partial charge in [0.2, 0.25) is 0 Å². The molecule has 0 fully saturated rings. The zero-order valence-corrected chi connectivity index (χ0v) is 15.1. The highest BCUT2D eigenvalue weighted by Crippen LogP contribution is 2.40. The van der Waals surface area contributed by atoms with Gasteiger partial charge in [-0.05, 0) is 24.6 Å². The molecule has 4 heterocycles. The largest absolute Gasteiger partial charge is 0.373 e. The van der Waals surface area contributed by atoms with Crippen molar-refractivity contribution >= 4 is 16.6 Å². The number of hydrogen-bond donors (Lipinski definition) is 0. The number of rotatable bonds is 2. The van der Waals surface area contributed by atoms with Crippen LogP contribution in [0.3, 0.4) is 0 Å². The van der Waals surface area contributed by atoms with Crippen LogP contribution >= 0.6 is 0 Å². The highest BCUT2D eigenvalue weighted by atomic mass is 19.1. The van der Waals surface area contributed by atoms with Crippen LogP contribution < -0.4 is 5.56 Å². The highest BCUT2D eigenvalue weighted by Gasteiger charge is 2.39. The van der Waals surface area contributed by atoms with Crippen LogP contribution in [0.15, 0.2) is 35.1 Å². The summed E-state index contributed by atoms with van der Waals surface area (Å²) in [5.41, 5.74) is 0.967. The minimum absolute atomic E-state index is 0.0300. The number of non-ortho nitro benzene ring substituents is 1. The molecule has 1 aromatic carbocycles. The smallest absolute Gasteiger partial charge is 0.278 e. The summed E-state index contributed by atoms with van der Waals surface area (Å²) in [6.45, 7) is 1.97. The van der Waals surface area contributed by atoms with Gasteiger partial charge in [0, 0.05) is 22.8 Å². The number of benzene rings is 1. The van der Waals surface area contributed by atoms with Gasteiger partial charge in [0.15, 0.2) is 5.67 Å². The molecular weight excluding hydrogens is 365 g/mol. The Bertz CT molecular complexity index is 1240. The normalized spacial score (nSPS) is 19.9. The summed E-state index contributed by atoms with van der Waals surface area (Å²) in [7, 11) is 0. The monoisotopic (exact) mass is 381 g/mol. The summed E-state index contributed by atoms with van der Waals surface area (Å²) in [6.07, 6.45) is 0.201. The molecule has 5 rings (SSSR count). The predicted octanol–water partition coefficient (Wildman–Crippen LogP) is 3.44. The van der Waals surface area contributed by atoms with Gasteiger partial charge in [-0.15, -0.1) is 0 Å². The summed E-state index contributed by atoms with van der Waals surface area (Å²) in [6, 6.07) is 8.11. The van der Waals surface area contributed by atoms with E-state index in [1.54, 1.807) is 35.8 Å². The number of nitro groups is 1. The van der Waals surface area contributed by atoms with E-state index in [4.69, 9.17) is 4.74 Å². The average Bonchev–Trinajstić information content (AvgIpc) is 3.05. The Labute approximate surface area is 158 Å². The Morgan fingerprint density at radius 1 is 1.39 bits per heavy atom. The zero-order valence-electron chi connectivity index (χ0n) is 15.1. The fourth-order valence-electron chi connectivity index (χ4n) is 4.16. The minimum atomic E-state index is -1.71. The highest BCUT2D eigenvalue weighted by molar-refractivity contribution is 5.91. The number of fused-ring (bicyclic) bond motifs is 5. The van der Waals surface area contributed by atoms with Crippen LogP contribution in [-0.4, -0.2) is 21.1 Å². The van der Waals surface area contributed by atoms with Gasteiger partial charge in [0.1, 0.15) is 0 Å². The summed E-state index contributed by atoms with van der Waals surface area (Å²) in [5.74, 6) is 0. The quantitative estimate of drug-likeness (QED) is 0.392. The number of pyridine rings is 2. The van der Waals surface area contributed by atoms with Gasteiger partial charge in [-0.3, -0.25) is 14.9 Å². The van der Waals surface area contributed by atoms with Crippen LogP contribution in [0.2, 0.25) is 0 Å². The molecule has 8 heteroatoms. The van der Waals surface area contributed by atoms with Crippen molar-refractivity contribution in [1.82, 2.24) is 9.55 Å². The molecule has 2 aliphatic rings. The Kier molecular flexibility index (Phi) is 3.45. The van der Waals surface area contributed by atoms with E-state index in [9.17, 15) is 14.9 Å². The Morgan fingerprint density at radius 3 is 2.96 bits per heavy atom. The molecule has 0 unspecified atom stereocenters. The van der Waals surface area contributed by atoms with E-state index in [2.05, 4.69) is 4.98 Å². The standard InChI is InChI=1S/C20H16FN3O4/c1-2-20(21)10-28-9-13-14(20)7-17-18-11(8-23(17)19(13)25)6-12-15(22-18)4-3-5-16(12)24(26)27/h3-7H,2,8-10H2,1H3/t20-/m1/s1. The number of alkyl halides is 1. The molecule has 0 amide bonds. The van der Waals surface area contributed by atoms with Crippen molar-refractivity contribution in [2.45, 2.75) is 32.2 Å². The lowest BCUT2D eigenvalue weighted by Gasteiger charge is -2.31. The van der Waals surface area contributed by atoms with Gasteiger partial charge in [0.05, 0.1) is 47.0 Å². The van der Waals surface area contributed by atoms with Crippen LogP contribution in [0, 0.1) is 10.1 Å². The summed E-state index contributed by atoms with van der Waals surface area (Å²) < 4.78 is 22.2. The molecular formula is C20H16FN3O4. The molecule has 7 nitrogen and oxygen atoms in total. The van der Waals surface area contributed by atoms with Crippen molar-refractivity contribution in [2.75, 3.05) is 6.61 Å². The van der Waals surface area contributed by atoms with E-state index in [-0.39, 0.29) is 37.4 Å². The number of hydrogen-bond acceptors (Lipinski definition) is 5. The minimum Gasteiger partial charge on any atom is -0.373 e. The van der Waals surface area contributed by atoms with Gasteiger partial charge in [-0.2, -0.15) is 0 Å². The van der Waals surface area contributed by atoms with Crippen molar-refractivity contribution in [3.05, 3.63) is 67.5 Å². The number of aromatic nitrogens is 2. The van der Waals surface area contributed by atoms with Crippen molar-refractivity contribution in [3.8, 4) is 11.4 Å². The van der Waals surface area contributed by atoms with Crippen molar-refractivity contribution < 1.29 is 14.1 Å². The number of nitrogens with zero attached hydrogens (tertiary/aromatic N) is 3. The lowest BCUT2D eigenvalue weighted by atomic mass is 9.88. The van der Waals surface area contributed by atoms with Crippen LogP contribution in [0.1, 0.15) is 30.0 Å². The van der Waals surface area contributed by atoms with Crippen LogP contribution in [0.5, 0.6) is 0 Å². The molecule has 0 radical (unpaired) electrons. The molecule has 2 aliphatic heterocycles. The van der Waals surface area contributed by atoms with Crippen LogP contribution in [0.4, 0.5) is 10.1 Å². The van der Waals surface area contributed by atoms with E-state index in [0.29, 0.717) is 39.0 Å². The van der Waals surface area contributed by atoms with E-state index in [1.165, 1.54) is 6.07 Å². The first-order valence-corrected chi connectivity index (χ1v) is 9.04. The topological polar surface area (TPSA) is 87.3 Å². The first-order valence-electron chi connectivity index (χ1n) is 9.04. The lowest BCUT2D eigenvalue weighted by molar-refractivity contribution is -0.383. The first-order chi connectivity index (χ1) is 13.4. The fourth-order valence-corrected chi connectivity index (χ4v) is 4.16. The van der Waals surface area contributed by atoms with E-state index >= 15 is 4.39 Å². The molecule has 0 aliphatic carbocycles. The molecule has 142 valence electrons. The second-order valence-electron chi connectivity index (χ2n) is 7.22. The van der Waals surface area contributed by atoms with Gasteiger partial charge in [-0.1, -0.05) is 13.0 Å². The Hall–Kier alpha value is -3.13. The summed E-state index contributed by atoms with van der Waals surface area (Å²) in [4.78, 5) is 28.5. The van der Waals surface area contributed by atoms with Gasteiger partial charge in [-0.25, -0.2) is 9.37 Å². The molecule has 3 aromatic rings. The van der Waals surface area contributed by atoms with Gasteiger partial charge < -0.3 is 9.30 Å². The third kappa shape index (κ3) is 2.18. The third-order valence-electron chi connectivity index (χ3n) is 5.70. The molecule has 0 spiro atoms. The fraction of sp³-hybridized carbons (Fsp3) is 0.300. The maximum atomic E-state index is 15.3. The summed E-state index contributed by atoms with van der Waals surface area (Å²) >= 11 is 0. The number of halogens is 1. The van der Waals surface area contributed by atoms with Gasteiger partial charge in [0.25, 0.3) is 11.2 Å². The number of ether oxygens (including phenoxy) is 1. The molecule has 1 atom stereocenters. The average molecular weight is 381 g/mol. The second kappa shape index (κ2) is 5.68. The van der Waals surface area contributed by atoms with E-state index < -0.39 is 10.6 Å². The van der Waals surface area contributed by atoms with Crippen LogP contribution in [0.25, 0.3) is 22.3 Å². The maximum Gasteiger partial charge on any atom is 0.278 e. The first kappa shape index (κ1) is 17.0. The second-order valence-corrected chi connectivity index (χ2v) is 7.22. The van der Waals surface area contributed by atoms with Crippen LogP contribution in [-0.2, 0) is 23.6 Å². The molecule has 0 saturated heterocycles. The molecule has 2 aromatic heterocycles. The van der Waals surface area contributed by atoms with Crippen molar-refractivity contribution in [3.63, 3.8) is 0 Å². The molecule has 0 bridgehead atoms. The van der Waals surface area contributed by atoms with Crippen molar-refractivity contribution in [2.24, 2.45) is 0 Å². The van der Waals surface area contributed by atoms with Crippen molar-refractivity contribution in [1.29, 1.82) is 0 Å². The lowest BCUT2D eigenvalue weighted by Crippen LogP contribution is -2.37. The Morgan fingerprint density at radius 2 is 2.21 bits per heavy atom. The molecule has 0 saturated carbocycles. The van der Waals surface area contributed by atoms with E-state index in [1.807, 2.05) is 0 Å². The maximum absolute atomic E-state index is 15.3. The SMILES string of the molecule is CC[C@@]1(F)COCc2c1cc1n(c2=O)Cc2cc3c([N+](=O)[O-])cccc3nc2-1. The Balaban J connectivity index is 1.78. The molecule has 28 heavy (non-hydrogen) atoms. The van der Waals surface area contributed by atoms with E-state index in [0.717, 1.165) is 0 Å².